The van der Waals surface area contributed by atoms with Crippen molar-refractivity contribution in [3.63, 3.8) is 0 Å². The standard InChI is InChI=1S/C14H28ClNO/c1-14(2,3)10-12(15)11-16-8-4-6-13-7-5-9-17-13/h12-13,16H,4-11H2,1-3H3. The molecule has 2 nitrogen and oxygen atoms in total. The van der Waals surface area contributed by atoms with Gasteiger partial charge in [0.05, 0.1) is 6.10 Å². The van der Waals surface area contributed by atoms with Crippen molar-refractivity contribution in [3.8, 4) is 0 Å². The Labute approximate surface area is 111 Å². The van der Waals surface area contributed by atoms with Crippen LogP contribution in [0.15, 0.2) is 0 Å². The Bertz CT molecular complexity index is 197. The summed E-state index contributed by atoms with van der Waals surface area (Å²) in [6, 6.07) is 0. The van der Waals surface area contributed by atoms with E-state index in [1.807, 2.05) is 0 Å². The number of rotatable bonds is 7. The van der Waals surface area contributed by atoms with Crippen LogP contribution in [-0.4, -0.2) is 31.2 Å². The third-order valence-electron chi connectivity index (χ3n) is 3.10. The monoisotopic (exact) mass is 261 g/mol. The zero-order chi connectivity index (χ0) is 12.7. The fourth-order valence-electron chi connectivity index (χ4n) is 2.32. The molecular formula is C14H28ClNO. The molecule has 1 N–H and O–H groups in total. The van der Waals surface area contributed by atoms with E-state index in [1.165, 1.54) is 25.7 Å². The third-order valence-corrected chi connectivity index (χ3v) is 3.41. The van der Waals surface area contributed by atoms with E-state index in [1.54, 1.807) is 0 Å². The van der Waals surface area contributed by atoms with Crippen molar-refractivity contribution in [1.82, 2.24) is 5.32 Å². The van der Waals surface area contributed by atoms with Gasteiger partial charge in [-0.15, -0.1) is 11.6 Å². The van der Waals surface area contributed by atoms with Gasteiger partial charge < -0.3 is 10.1 Å². The summed E-state index contributed by atoms with van der Waals surface area (Å²) in [4.78, 5) is 0. The van der Waals surface area contributed by atoms with E-state index in [0.29, 0.717) is 11.5 Å². The maximum Gasteiger partial charge on any atom is 0.0576 e. The predicted molar refractivity (Wildman–Crippen MR) is 74.8 cm³/mol. The van der Waals surface area contributed by atoms with Crippen LogP contribution in [0, 0.1) is 5.41 Å². The van der Waals surface area contributed by atoms with Gasteiger partial charge in [0.1, 0.15) is 0 Å². The Morgan fingerprint density at radius 3 is 2.76 bits per heavy atom. The highest BCUT2D eigenvalue weighted by Crippen LogP contribution is 2.23. The Hall–Kier alpha value is 0.210. The van der Waals surface area contributed by atoms with Gasteiger partial charge in [0.15, 0.2) is 0 Å². The minimum Gasteiger partial charge on any atom is -0.378 e. The first-order chi connectivity index (χ1) is 7.97. The second-order valence-electron chi connectivity index (χ2n) is 6.34. The maximum atomic E-state index is 6.28. The molecule has 0 saturated carbocycles. The summed E-state index contributed by atoms with van der Waals surface area (Å²) in [5.74, 6) is 0. The van der Waals surface area contributed by atoms with Crippen molar-refractivity contribution in [2.75, 3.05) is 19.7 Å². The lowest BCUT2D eigenvalue weighted by Gasteiger charge is -2.22. The molecule has 0 bridgehead atoms. The van der Waals surface area contributed by atoms with Crippen molar-refractivity contribution in [2.45, 2.75) is 64.4 Å². The first-order valence-corrected chi connectivity index (χ1v) is 7.37. The highest BCUT2D eigenvalue weighted by molar-refractivity contribution is 6.20. The number of halogens is 1. The van der Waals surface area contributed by atoms with Gasteiger partial charge in [-0.05, 0) is 44.1 Å². The SMILES string of the molecule is CC(C)(C)CC(Cl)CNCCCC1CCCO1. The lowest BCUT2D eigenvalue weighted by atomic mass is 9.90. The number of ether oxygens (including phenoxy) is 1. The lowest BCUT2D eigenvalue weighted by molar-refractivity contribution is 0.102. The Morgan fingerprint density at radius 2 is 2.18 bits per heavy atom. The quantitative estimate of drug-likeness (QED) is 0.559. The van der Waals surface area contributed by atoms with E-state index < -0.39 is 0 Å². The molecule has 2 unspecified atom stereocenters. The van der Waals surface area contributed by atoms with Gasteiger partial charge in [0, 0.05) is 18.5 Å². The molecular weight excluding hydrogens is 234 g/mol. The summed E-state index contributed by atoms with van der Waals surface area (Å²) in [6.45, 7) is 9.66. The summed E-state index contributed by atoms with van der Waals surface area (Å²) in [7, 11) is 0. The van der Waals surface area contributed by atoms with Crippen LogP contribution in [0.4, 0.5) is 0 Å². The molecule has 0 aromatic rings. The highest BCUT2D eigenvalue weighted by Gasteiger charge is 2.17. The first-order valence-electron chi connectivity index (χ1n) is 6.94. The lowest BCUT2D eigenvalue weighted by Crippen LogP contribution is -2.27. The van der Waals surface area contributed by atoms with E-state index in [2.05, 4.69) is 26.1 Å². The highest BCUT2D eigenvalue weighted by atomic mass is 35.5. The maximum absolute atomic E-state index is 6.28. The van der Waals surface area contributed by atoms with E-state index >= 15 is 0 Å². The minimum absolute atomic E-state index is 0.248. The van der Waals surface area contributed by atoms with E-state index in [4.69, 9.17) is 16.3 Å². The first kappa shape index (κ1) is 15.3. The molecule has 1 heterocycles. The molecule has 1 rings (SSSR count). The van der Waals surface area contributed by atoms with E-state index in [-0.39, 0.29) is 5.38 Å². The topological polar surface area (TPSA) is 21.3 Å². The largest absolute Gasteiger partial charge is 0.378 e. The van der Waals surface area contributed by atoms with Crippen molar-refractivity contribution >= 4 is 11.6 Å². The van der Waals surface area contributed by atoms with Crippen LogP contribution >= 0.6 is 11.6 Å². The Morgan fingerprint density at radius 1 is 1.41 bits per heavy atom. The van der Waals surface area contributed by atoms with Crippen molar-refractivity contribution in [2.24, 2.45) is 5.41 Å². The van der Waals surface area contributed by atoms with Crippen LogP contribution in [0.2, 0.25) is 0 Å². The van der Waals surface area contributed by atoms with Crippen LogP contribution in [-0.2, 0) is 4.74 Å². The zero-order valence-corrected chi connectivity index (χ0v) is 12.4. The minimum atomic E-state index is 0.248. The molecule has 3 heteroatoms. The number of nitrogens with one attached hydrogen (secondary N) is 1. The molecule has 0 aromatic heterocycles. The van der Waals surface area contributed by atoms with E-state index in [9.17, 15) is 0 Å². The molecule has 17 heavy (non-hydrogen) atoms. The fraction of sp³-hybridized carbons (Fsp3) is 1.00. The van der Waals surface area contributed by atoms with Crippen molar-refractivity contribution in [1.29, 1.82) is 0 Å². The predicted octanol–water partition coefficient (Wildman–Crippen LogP) is 3.58. The van der Waals surface area contributed by atoms with E-state index in [0.717, 1.165) is 26.1 Å². The van der Waals surface area contributed by atoms with Gasteiger partial charge >= 0.3 is 0 Å². The van der Waals surface area contributed by atoms with Gasteiger partial charge in [0.2, 0.25) is 0 Å². The Balaban J connectivity index is 1.92. The van der Waals surface area contributed by atoms with Crippen molar-refractivity contribution in [3.05, 3.63) is 0 Å². The van der Waals surface area contributed by atoms with Crippen LogP contribution < -0.4 is 5.32 Å². The zero-order valence-electron chi connectivity index (χ0n) is 11.6. The molecule has 0 amide bonds. The fourth-order valence-corrected chi connectivity index (χ4v) is 2.89. The molecule has 1 saturated heterocycles. The summed E-state index contributed by atoms with van der Waals surface area (Å²) in [6.07, 6.45) is 6.48. The van der Waals surface area contributed by atoms with Crippen LogP contribution in [0.5, 0.6) is 0 Å². The van der Waals surface area contributed by atoms with Crippen LogP contribution in [0.25, 0.3) is 0 Å². The number of alkyl halides is 1. The molecule has 0 spiro atoms. The molecule has 1 fully saturated rings. The van der Waals surface area contributed by atoms with Crippen LogP contribution in [0.3, 0.4) is 0 Å². The molecule has 0 aromatic carbocycles. The second kappa shape index (κ2) is 7.60. The second-order valence-corrected chi connectivity index (χ2v) is 6.96. The molecule has 0 aliphatic carbocycles. The summed E-state index contributed by atoms with van der Waals surface area (Å²) in [5, 5.41) is 3.69. The molecule has 0 radical (unpaired) electrons. The Kier molecular flexibility index (Phi) is 6.83. The normalized spacial score (nSPS) is 22.9. The average molecular weight is 262 g/mol. The summed E-state index contributed by atoms with van der Waals surface area (Å²) >= 11 is 6.28. The van der Waals surface area contributed by atoms with Crippen LogP contribution in [0.1, 0.15) is 52.9 Å². The van der Waals surface area contributed by atoms with Gasteiger partial charge in [-0.2, -0.15) is 0 Å². The van der Waals surface area contributed by atoms with Gasteiger partial charge in [-0.1, -0.05) is 20.8 Å². The molecule has 2 atom stereocenters. The molecule has 1 aliphatic heterocycles. The smallest absolute Gasteiger partial charge is 0.0576 e. The average Bonchev–Trinajstić information content (AvgIpc) is 2.67. The van der Waals surface area contributed by atoms with Crippen molar-refractivity contribution < 1.29 is 4.74 Å². The summed E-state index contributed by atoms with van der Waals surface area (Å²) < 4.78 is 5.59. The molecule has 1 aliphatic rings. The van der Waals surface area contributed by atoms with Gasteiger partial charge in [-0.25, -0.2) is 0 Å². The number of hydrogen-bond donors (Lipinski definition) is 1. The molecule has 102 valence electrons. The van der Waals surface area contributed by atoms with Gasteiger partial charge in [-0.3, -0.25) is 0 Å². The summed E-state index contributed by atoms with van der Waals surface area (Å²) in [5.41, 5.74) is 0.325. The third kappa shape index (κ3) is 8.01. The number of hydrogen-bond acceptors (Lipinski definition) is 2. The van der Waals surface area contributed by atoms with Gasteiger partial charge in [0.25, 0.3) is 0 Å².